The number of methoxy groups -OCH3 is 1. The summed E-state index contributed by atoms with van der Waals surface area (Å²) in [6.07, 6.45) is 2.74. The number of sulfonamides is 1. The Bertz CT molecular complexity index is 662. The summed E-state index contributed by atoms with van der Waals surface area (Å²) in [7, 11) is -2.09. The highest BCUT2D eigenvalue weighted by Gasteiger charge is 2.30. The molecule has 0 N–H and O–H groups in total. The van der Waals surface area contributed by atoms with E-state index >= 15 is 0 Å². The third kappa shape index (κ3) is 5.05. The lowest BCUT2D eigenvalue weighted by Gasteiger charge is -2.25. The summed E-state index contributed by atoms with van der Waals surface area (Å²) in [5.74, 6) is 0.0190. The minimum absolute atomic E-state index is 0.0485. The van der Waals surface area contributed by atoms with Gasteiger partial charge in [-0.1, -0.05) is 20.3 Å². The number of carbonyl (C=O) groups excluding carboxylic acids is 1. The van der Waals surface area contributed by atoms with E-state index in [0.29, 0.717) is 32.8 Å². The van der Waals surface area contributed by atoms with Crippen LogP contribution in [0.25, 0.3) is 0 Å². The van der Waals surface area contributed by atoms with E-state index in [1.165, 1.54) is 16.4 Å². The zero-order valence-corrected chi connectivity index (χ0v) is 16.0. The number of hydrogen-bond donors (Lipinski definition) is 0. The van der Waals surface area contributed by atoms with E-state index in [4.69, 9.17) is 9.15 Å². The number of carbonyl (C=O) groups is 1. The van der Waals surface area contributed by atoms with Gasteiger partial charge in [-0.15, -0.1) is 0 Å². The van der Waals surface area contributed by atoms with Crippen LogP contribution in [-0.4, -0.2) is 63.4 Å². The Morgan fingerprint density at radius 3 is 2.56 bits per heavy atom. The minimum atomic E-state index is -3.67. The smallest absolute Gasteiger partial charge is 0.289 e. The molecule has 0 spiro atoms. The first kappa shape index (κ1) is 19.9. The van der Waals surface area contributed by atoms with E-state index in [0.717, 1.165) is 19.3 Å². The van der Waals surface area contributed by atoms with E-state index in [9.17, 15) is 13.2 Å². The average molecular weight is 372 g/mol. The highest BCUT2D eigenvalue weighted by atomic mass is 32.2. The molecule has 1 saturated heterocycles. The molecule has 2 heterocycles. The topological polar surface area (TPSA) is 80.1 Å². The molecule has 0 unspecified atom stereocenters. The molecule has 7 nitrogen and oxygen atoms in total. The van der Waals surface area contributed by atoms with Crippen molar-refractivity contribution < 1.29 is 22.4 Å². The Morgan fingerprint density at radius 1 is 1.28 bits per heavy atom. The summed E-state index contributed by atoms with van der Waals surface area (Å²) in [5, 5.41) is -0.158. The van der Waals surface area contributed by atoms with Crippen molar-refractivity contribution >= 4 is 15.9 Å². The van der Waals surface area contributed by atoms with Crippen LogP contribution < -0.4 is 0 Å². The second-order valence-electron chi connectivity index (χ2n) is 6.72. The fraction of sp³-hybridized carbons (Fsp3) is 0.706. The van der Waals surface area contributed by atoms with Gasteiger partial charge < -0.3 is 14.1 Å². The van der Waals surface area contributed by atoms with Gasteiger partial charge >= 0.3 is 0 Å². The van der Waals surface area contributed by atoms with Gasteiger partial charge in [0.05, 0.1) is 6.61 Å². The molecule has 1 fully saturated rings. The van der Waals surface area contributed by atoms with Crippen molar-refractivity contribution in [2.45, 2.75) is 38.2 Å². The molecular formula is C17H28N2O5S. The summed E-state index contributed by atoms with van der Waals surface area (Å²) < 4.78 is 37.2. The molecule has 1 aromatic rings. The van der Waals surface area contributed by atoms with Gasteiger partial charge in [0.2, 0.25) is 5.09 Å². The van der Waals surface area contributed by atoms with E-state index < -0.39 is 10.0 Å². The summed E-state index contributed by atoms with van der Waals surface area (Å²) in [6.45, 7) is 6.43. The van der Waals surface area contributed by atoms with Crippen molar-refractivity contribution in [2.75, 3.05) is 39.9 Å². The molecule has 0 bridgehead atoms. The van der Waals surface area contributed by atoms with Gasteiger partial charge in [0.1, 0.15) is 0 Å². The van der Waals surface area contributed by atoms with Gasteiger partial charge in [0, 0.05) is 33.3 Å². The largest absolute Gasteiger partial charge is 0.438 e. The van der Waals surface area contributed by atoms with Crippen LogP contribution in [0.4, 0.5) is 0 Å². The third-order valence-corrected chi connectivity index (χ3v) is 5.91. The van der Waals surface area contributed by atoms with Crippen molar-refractivity contribution in [3.63, 3.8) is 0 Å². The predicted molar refractivity (Wildman–Crippen MR) is 93.9 cm³/mol. The SMILES string of the molecule is COCCN(CC(C)C)C(=O)c1ccc(S(=O)(=O)N2CCCCC2)o1. The molecule has 0 saturated carbocycles. The van der Waals surface area contributed by atoms with Crippen LogP contribution >= 0.6 is 0 Å². The lowest BCUT2D eigenvalue weighted by atomic mass is 10.2. The van der Waals surface area contributed by atoms with Gasteiger partial charge in [-0.3, -0.25) is 4.79 Å². The number of piperidine rings is 1. The first-order chi connectivity index (χ1) is 11.9. The monoisotopic (exact) mass is 372 g/mol. The highest BCUT2D eigenvalue weighted by molar-refractivity contribution is 7.89. The molecule has 8 heteroatoms. The number of rotatable bonds is 8. The van der Waals surface area contributed by atoms with Crippen LogP contribution in [0.15, 0.2) is 21.6 Å². The molecule has 2 rings (SSSR count). The van der Waals surface area contributed by atoms with Gasteiger partial charge in [0.25, 0.3) is 15.9 Å². The van der Waals surface area contributed by atoms with E-state index in [-0.39, 0.29) is 22.7 Å². The molecule has 0 aliphatic carbocycles. The number of hydrogen-bond acceptors (Lipinski definition) is 5. The lowest BCUT2D eigenvalue weighted by molar-refractivity contribution is 0.0635. The van der Waals surface area contributed by atoms with Crippen molar-refractivity contribution in [1.82, 2.24) is 9.21 Å². The standard InChI is InChI=1S/C17H28N2O5S/c1-14(2)13-18(11-12-23-3)17(20)15-7-8-16(24-15)25(21,22)19-9-5-4-6-10-19/h7-8,14H,4-6,9-13H2,1-3H3. The molecular weight excluding hydrogens is 344 g/mol. The number of furan rings is 1. The van der Waals surface area contributed by atoms with Gasteiger partial charge in [0.15, 0.2) is 5.76 Å². The van der Waals surface area contributed by atoms with E-state index in [1.54, 1.807) is 12.0 Å². The molecule has 1 aromatic heterocycles. The van der Waals surface area contributed by atoms with Crippen molar-refractivity contribution in [3.8, 4) is 0 Å². The fourth-order valence-electron chi connectivity index (χ4n) is 2.88. The van der Waals surface area contributed by atoms with Crippen LogP contribution in [0.1, 0.15) is 43.7 Å². The number of nitrogens with zero attached hydrogens (tertiary/aromatic N) is 2. The summed E-state index contributed by atoms with van der Waals surface area (Å²) >= 11 is 0. The molecule has 1 aliphatic heterocycles. The Balaban J connectivity index is 2.16. The zero-order chi connectivity index (χ0) is 18.4. The Kier molecular flexibility index (Phi) is 7.04. The molecule has 0 aromatic carbocycles. The quantitative estimate of drug-likeness (QED) is 0.699. The summed E-state index contributed by atoms with van der Waals surface area (Å²) in [4.78, 5) is 14.3. The average Bonchev–Trinajstić information content (AvgIpc) is 3.09. The fourth-order valence-corrected chi connectivity index (χ4v) is 4.31. The Morgan fingerprint density at radius 2 is 1.96 bits per heavy atom. The van der Waals surface area contributed by atoms with Crippen molar-refractivity contribution in [3.05, 3.63) is 17.9 Å². The molecule has 1 amide bonds. The summed E-state index contributed by atoms with van der Waals surface area (Å²) in [6, 6.07) is 2.82. The molecule has 0 radical (unpaired) electrons. The van der Waals surface area contributed by atoms with Crippen LogP contribution in [0.3, 0.4) is 0 Å². The Hall–Kier alpha value is -1.38. The maximum absolute atomic E-state index is 12.7. The van der Waals surface area contributed by atoms with Crippen LogP contribution in [0.2, 0.25) is 0 Å². The minimum Gasteiger partial charge on any atom is -0.438 e. The lowest BCUT2D eigenvalue weighted by Crippen LogP contribution is -2.36. The number of ether oxygens (including phenoxy) is 1. The second kappa shape index (κ2) is 8.82. The van der Waals surface area contributed by atoms with Crippen LogP contribution in [-0.2, 0) is 14.8 Å². The van der Waals surface area contributed by atoms with Gasteiger partial charge in [-0.05, 0) is 30.9 Å². The zero-order valence-electron chi connectivity index (χ0n) is 15.2. The van der Waals surface area contributed by atoms with Crippen molar-refractivity contribution in [1.29, 1.82) is 0 Å². The van der Waals surface area contributed by atoms with E-state index in [2.05, 4.69) is 0 Å². The van der Waals surface area contributed by atoms with Crippen LogP contribution in [0.5, 0.6) is 0 Å². The van der Waals surface area contributed by atoms with Crippen LogP contribution in [0, 0.1) is 5.92 Å². The molecule has 0 atom stereocenters. The maximum Gasteiger partial charge on any atom is 0.289 e. The molecule has 25 heavy (non-hydrogen) atoms. The number of amides is 1. The second-order valence-corrected chi connectivity index (χ2v) is 8.59. The Labute approximate surface area is 150 Å². The predicted octanol–water partition coefficient (Wildman–Crippen LogP) is 2.20. The van der Waals surface area contributed by atoms with Gasteiger partial charge in [-0.2, -0.15) is 4.31 Å². The highest BCUT2D eigenvalue weighted by Crippen LogP contribution is 2.23. The summed E-state index contributed by atoms with van der Waals surface area (Å²) in [5.41, 5.74) is 0. The van der Waals surface area contributed by atoms with E-state index in [1.807, 2.05) is 13.8 Å². The first-order valence-corrected chi connectivity index (χ1v) is 10.2. The van der Waals surface area contributed by atoms with Crippen molar-refractivity contribution in [2.24, 2.45) is 5.92 Å². The third-order valence-electron chi connectivity index (χ3n) is 4.14. The first-order valence-electron chi connectivity index (χ1n) is 8.74. The van der Waals surface area contributed by atoms with Gasteiger partial charge in [-0.25, -0.2) is 8.42 Å². The molecule has 142 valence electrons. The molecule has 1 aliphatic rings. The normalized spacial score (nSPS) is 16.3. The maximum atomic E-state index is 12.7.